The zero-order valence-corrected chi connectivity index (χ0v) is 14.1. The molecule has 0 aliphatic carbocycles. The Kier molecular flexibility index (Phi) is 4.70. The van der Waals surface area contributed by atoms with Crippen molar-refractivity contribution in [3.63, 3.8) is 0 Å². The first-order valence-corrected chi connectivity index (χ1v) is 7.53. The number of hydrogen-bond donors (Lipinski definition) is 0. The Morgan fingerprint density at radius 3 is 2.44 bits per heavy atom. The lowest BCUT2D eigenvalue weighted by Gasteiger charge is -2.07. The van der Waals surface area contributed by atoms with Gasteiger partial charge in [0.2, 0.25) is 5.90 Å². The number of carbonyl (C=O) groups is 1. The standard InChI is InChI=1S/C19H17NO5/c1-22-14-6-4-5-12(9-14)18-20-16(19(21)25-18)11-13-10-15(23-2)7-8-17(13)24-3/h4-11H,1-3H3. The first-order chi connectivity index (χ1) is 12.1. The topological polar surface area (TPSA) is 66.3 Å². The number of rotatable bonds is 5. The van der Waals surface area contributed by atoms with Crippen molar-refractivity contribution < 1.29 is 23.7 Å². The number of ether oxygens (including phenoxy) is 4. The van der Waals surface area contributed by atoms with Gasteiger partial charge < -0.3 is 18.9 Å². The average molecular weight is 339 g/mol. The highest BCUT2D eigenvalue weighted by Crippen LogP contribution is 2.28. The first kappa shape index (κ1) is 16.6. The maximum absolute atomic E-state index is 12.2. The predicted molar refractivity (Wildman–Crippen MR) is 93.1 cm³/mol. The van der Waals surface area contributed by atoms with Gasteiger partial charge in [-0.3, -0.25) is 0 Å². The minimum absolute atomic E-state index is 0.185. The number of aliphatic imine (C=N–C) groups is 1. The van der Waals surface area contributed by atoms with Gasteiger partial charge in [0.05, 0.1) is 21.3 Å². The van der Waals surface area contributed by atoms with Gasteiger partial charge in [-0.2, -0.15) is 0 Å². The van der Waals surface area contributed by atoms with Gasteiger partial charge in [0, 0.05) is 11.1 Å². The Morgan fingerprint density at radius 2 is 1.72 bits per heavy atom. The second kappa shape index (κ2) is 7.09. The summed E-state index contributed by atoms with van der Waals surface area (Å²) >= 11 is 0. The summed E-state index contributed by atoms with van der Waals surface area (Å²) in [7, 11) is 4.70. The Balaban J connectivity index is 1.98. The summed E-state index contributed by atoms with van der Waals surface area (Å²) in [6.07, 6.45) is 1.61. The summed E-state index contributed by atoms with van der Waals surface area (Å²) in [5.74, 6) is 1.62. The van der Waals surface area contributed by atoms with Gasteiger partial charge in [0.15, 0.2) is 5.70 Å². The van der Waals surface area contributed by atoms with Crippen molar-refractivity contribution in [2.45, 2.75) is 0 Å². The van der Waals surface area contributed by atoms with Gasteiger partial charge in [-0.25, -0.2) is 9.79 Å². The predicted octanol–water partition coefficient (Wildman–Crippen LogP) is 3.06. The third-order valence-corrected chi connectivity index (χ3v) is 3.67. The highest BCUT2D eigenvalue weighted by Gasteiger charge is 2.25. The second-order valence-corrected chi connectivity index (χ2v) is 5.18. The minimum atomic E-state index is -0.525. The van der Waals surface area contributed by atoms with Crippen LogP contribution in [0.15, 0.2) is 53.2 Å². The SMILES string of the molecule is COc1cccc(C2=NC(=Cc3cc(OC)ccc3OC)C(=O)O2)c1. The van der Waals surface area contributed by atoms with Crippen molar-refractivity contribution in [1.82, 2.24) is 0 Å². The fourth-order valence-corrected chi connectivity index (χ4v) is 2.39. The van der Waals surface area contributed by atoms with Crippen molar-refractivity contribution in [3.05, 3.63) is 59.3 Å². The molecule has 3 rings (SSSR count). The van der Waals surface area contributed by atoms with Crippen LogP contribution in [0.1, 0.15) is 11.1 Å². The normalized spacial score (nSPS) is 14.9. The van der Waals surface area contributed by atoms with E-state index < -0.39 is 5.97 Å². The van der Waals surface area contributed by atoms with Crippen molar-refractivity contribution in [3.8, 4) is 17.2 Å². The van der Waals surface area contributed by atoms with Gasteiger partial charge in [-0.15, -0.1) is 0 Å². The molecule has 0 aromatic heterocycles. The molecular weight excluding hydrogens is 322 g/mol. The smallest absolute Gasteiger partial charge is 0.363 e. The van der Waals surface area contributed by atoms with E-state index >= 15 is 0 Å². The van der Waals surface area contributed by atoms with Crippen LogP contribution in [0.25, 0.3) is 6.08 Å². The number of carbonyl (C=O) groups excluding carboxylic acids is 1. The Labute approximate surface area is 145 Å². The highest BCUT2D eigenvalue weighted by atomic mass is 16.6. The average Bonchev–Trinajstić information content (AvgIpc) is 3.02. The van der Waals surface area contributed by atoms with E-state index in [1.165, 1.54) is 0 Å². The van der Waals surface area contributed by atoms with Crippen molar-refractivity contribution >= 4 is 17.9 Å². The largest absolute Gasteiger partial charge is 0.497 e. The number of cyclic esters (lactones) is 1. The van der Waals surface area contributed by atoms with E-state index in [-0.39, 0.29) is 11.6 Å². The first-order valence-electron chi connectivity index (χ1n) is 7.53. The zero-order chi connectivity index (χ0) is 17.8. The van der Waals surface area contributed by atoms with Crippen LogP contribution < -0.4 is 14.2 Å². The molecule has 1 heterocycles. The van der Waals surface area contributed by atoms with Gasteiger partial charge in [-0.05, 0) is 42.5 Å². The Bertz CT molecular complexity index is 870. The molecule has 1 aliphatic rings. The number of hydrogen-bond acceptors (Lipinski definition) is 6. The highest BCUT2D eigenvalue weighted by molar-refractivity contribution is 6.13. The molecule has 0 radical (unpaired) electrons. The quantitative estimate of drug-likeness (QED) is 0.619. The summed E-state index contributed by atoms with van der Waals surface area (Å²) in [5.41, 5.74) is 1.52. The van der Waals surface area contributed by atoms with E-state index in [9.17, 15) is 4.79 Å². The van der Waals surface area contributed by atoms with Crippen LogP contribution in [0.2, 0.25) is 0 Å². The number of nitrogens with zero attached hydrogens (tertiary/aromatic N) is 1. The maximum Gasteiger partial charge on any atom is 0.363 e. The molecule has 0 saturated carbocycles. The van der Waals surface area contributed by atoms with E-state index in [4.69, 9.17) is 18.9 Å². The molecule has 128 valence electrons. The molecule has 2 aromatic carbocycles. The van der Waals surface area contributed by atoms with E-state index in [2.05, 4.69) is 4.99 Å². The Morgan fingerprint density at radius 1 is 0.960 bits per heavy atom. The van der Waals surface area contributed by atoms with E-state index in [1.807, 2.05) is 0 Å². The second-order valence-electron chi connectivity index (χ2n) is 5.18. The summed E-state index contributed by atoms with van der Waals surface area (Å²) in [4.78, 5) is 16.5. The van der Waals surface area contributed by atoms with Gasteiger partial charge >= 0.3 is 5.97 Å². The molecule has 2 aromatic rings. The van der Waals surface area contributed by atoms with Crippen LogP contribution >= 0.6 is 0 Å². The van der Waals surface area contributed by atoms with Crippen LogP contribution in [0.3, 0.4) is 0 Å². The molecular formula is C19H17NO5. The molecule has 6 nitrogen and oxygen atoms in total. The Hall–Kier alpha value is -3.28. The fraction of sp³-hybridized carbons (Fsp3) is 0.158. The molecule has 1 aliphatic heterocycles. The van der Waals surface area contributed by atoms with Crippen LogP contribution in [-0.2, 0) is 9.53 Å². The molecule has 0 unspecified atom stereocenters. The zero-order valence-electron chi connectivity index (χ0n) is 14.1. The van der Waals surface area contributed by atoms with Crippen LogP contribution in [-0.4, -0.2) is 33.2 Å². The van der Waals surface area contributed by atoms with Crippen LogP contribution in [0.4, 0.5) is 0 Å². The lowest BCUT2D eigenvalue weighted by molar-refractivity contribution is -0.129. The molecule has 0 N–H and O–H groups in total. The molecule has 6 heteroatoms. The summed E-state index contributed by atoms with van der Waals surface area (Å²) < 4.78 is 21.0. The molecule has 0 saturated heterocycles. The minimum Gasteiger partial charge on any atom is -0.497 e. The maximum atomic E-state index is 12.2. The van der Waals surface area contributed by atoms with Crippen molar-refractivity contribution in [1.29, 1.82) is 0 Å². The van der Waals surface area contributed by atoms with E-state index in [1.54, 1.807) is 69.9 Å². The number of methoxy groups -OCH3 is 3. The van der Waals surface area contributed by atoms with Gasteiger partial charge in [0.25, 0.3) is 0 Å². The molecule has 0 amide bonds. The van der Waals surface area contributed by atoms with Crippen LogP contribution in [0.5, 0.6) is 17.2 Å². The molecule has 25 heavy (non-hydrogen) atoms. The fourth-order valence-electron chi connectivity index (χ4n) is 2.39. The molecule has 0 spiro atoms. The van der Waals surface area contributed by atoms with Gasteiger partial charge in [0.1, 0.15) is 17.2 Å². The summed E-state index contributed by atoms with van der Waals surface area (Å²) in [6, 6.07) is 12.5. The number of benzene rings is 2. The van der Waals surface area contributed by atoms with Crippen molar-refractivity contribution in [2.24, 2.45) is 4.99 Å². The molecule has 0 bridgehead atoms. The van der Waals surface area contributed by atoms with Crippen LogP contribution in [0, 0.1) is 0 Å². The summed E-state index contributed by atoms with van der Waals surface area (Å²) in [5, 5.41) is 0. The molecule has 0 fully saturated rings. The lowest BCUT2D eigenvalue weighted by Crippen LogP contribution is -2.05. The lowest BCUT2D eigenvalue weighted by atomic mass is 10.1. The van der Waals surface area contributed by atoms with Gasteiger partial charge in [-0.1, -0.05) is 6.07 Å². The van der Waals surface area contributed by atoms with E-state index in [0.717, 1.165) is 0 Å². The number of esters is 1. The third kappa shape index (κ3) is 3.47. The molecule has 0 atom stereocenters. The summed E-state index contributed by atoms with van der Waals surface area (Å²) in [6.45, 7) is 0. The van der Waals surface area contributed by atoms with E-state index in [0.29, 0.717) is 28.4 Å². The third-order valence-electron chi connectivity index (χ3n) is 3.67. The monoisotopic (exact) mass is 339 g/mol. The van der Waals surface area contributed by atoms with Crippen molar-refractivity contribution in [2.75, 3.05) is 21.3 Å².